The smallest absolute Gasteiger partial charge is 0.122 e. The van der Waals surface area contributed by atoms with Crippen molar-refractivity contribution in [1.82, 2.24) is 9.80 Å². The molecule has 1 aromatic heterocycles. The zero-order valence-corrected chi connectivity index (χ0v) is 11.7. The van der Waals surface area contributed by atoms with Gasteiger partial charge >= 0.3 is 0 Å². The molecule has 18 heavy (non-hydrogen) atoms. The predicted octanol–water partition coefficient (Wildman–Crippen LogP) is 1.55. The summed E-state index contributed by atoms with van der Waals surface area (Å²) < 4.78 is 5.53. The van der Waals surface area contributed by atoms with E-state index in [0.29, 0.717) is 0 Å². The van der Waals surface area contributed by atoms with Crippen LogP contribution in [0.3, 0.4) is 0 Å². The van der Waals surface area contributed by atoms with E-state index < -0.39 is 0 Å². The summed E-state index contributed by atoms with van der Waals surface area (Å²) in [5, 5.41) is 0. The van der Waals surface area contributed by atoms with Crippen molar-refractivity contribution in [2.24, 2.45) is 11.7 Å². The molecule has 102 valence electrons. The number of hydrogen-bond acceptors (Lipinski definition) is 4. The van der Waals surface area contributed by atoms with E-state index in [2.05, 4.69) is 23.9 Å². The lowest BCUT2D eigenvalue weighted by atomic mass is 10.0. The summed E-state index contributed by atoms with van der Waals surface area (Å²) in [4.78, 5) is 4.74. The highest BCUT2D eigenvalue weighted by atomic mass is 16.3. The number of nitrogens with two attached hydrogens (primary N) is 1. The second-order valence-corrected chi connectivity index (χ2v) is 5.68. The van der Waals surface area contributed by atoms with Gasteiger partial charge < -0.3 is 15.1 Å². The van der Waals surface area contributed by atoms with Gasteiger partial charge in [-0.1, -0.05) is 0 Å². The van der Waals surface area contributed by atoms with Crippen molar-refractivity contribution in [2.75, 3.05) is 33.7 Å². The standard InChI is InChI=1S/C14H25N3O/c1-11(15)14(13-5-4-8-18-13)17(3)10-12-6-7-16(2)9-12/h4-5,8,11-12,14H,6-7,9-10,15H2,1-3H3. The van der Waals surface area contributed by atoms with Gasteiger partial charge in [-0.25, -0.2) is 0 Å². The molecular formula is C14H25N3O. The van der Waals surface area contributed by atoms with E-state index >= 15 is 0 Å². The van der Waals surface area contributed by atoms with Crippen LogP contribution in [0, 0.1) is 5.92 Å². The maximum absolute atomic E-state index is 6.12. The molecule has 1 aliphatic rings. The van der Waals surface area contributed by atoms with Crippen LogP contribution >= 0.6 is 0 Å². The van der Waals surface area contributed by atoms with Crippen LogP contribution in [0.4, 0.5) is 0 Å². The average molecular weight is 251 g/mol. The topological polar surface area (TPSA) is 45.6 Å². The molecule has 1 fully saturated rings. The Balaban J connectivity index is 1.98. The monoisotopic (exact) mass is 251 g/mol. The van der Waals surface area contributed by atoms with Crippen LogP contribution < -0.4 is 5.73 Å². The minimum absolute atomic E-state index is 0.0697. The largest absolute Gasteiger partial charge is 0.468 e. The molecule has 0 bridgehead atoms. The zero-order chi connectivity index (χ0) is 13.1. The van der Waals surface area contributed by atoms with E-state index in [1.165, 1.54) is 19.5 Å². The number of nitrogens with zero attached hydrogens (tertiary/aromatic N) is 2. The highest BCUT2D eigenvalue weighted by molar-refractivity contribution is 5.07. The van der Waals surface area contributed by atoms with Gasteiger partial charge in [0.05, 0.1) is 12.3 Å². The van der Waals surface area contributed by atoms with Crippen molar-refractivity contribution in [3.05, 3.63) is 24.2 Å². The predicted molar refractivity (Wildman–Crippen MR) is 73.3 cm³/mol. The second kappa shape index (κ2) is 5.87. The highest BCUT2D eigenvalue weighted by Gasteiger charge is 2.28. The third-order valence-electron chi connectivity index (χ3n) is 3.84. The van der Waals surface area contributed by atoms with Gasteiger partial charge in [0.2, 0.25) is 0 Å². The SMILES string of the molecule is CC(N)C(c1ccco1)N(C)CC1CCN(C)C1. The van der Waals surface area contributed by atoms with E-state index in [-0.39, 0.29) is 12.1 Å². The Bertz CT molecular complexity index is 350. The molecule has 4 nitrogen and oxygen atoms in total. The average Bonchev–Trinajstić information content (AvgIpc) is 2.90. The first-order valence-corrected chi connectivity index (χ1v) is 6.75. The van der Waals surface area contributed by atoms with Crippen LogP contribution in [0.1, 0.15) is 25.1 Å². The van der Waals surface area contributed by atoms with Crippen LogP contribution in [0.25, 0.3) is 0 Å². The molecule has 1 aromatic rings. The Morgan fingerprint density at radius 2 is 2.39 bits per heavy atom. The molecule has 3 unspecified atom stereocenters. The summed E-state index contributed by atoms with van der Waals surface area (Å²) in [5.41, 5.74) is 6.12. The van der Waals surface area contributed by atoms with Crippen molar-refractivity contribution in [2.45, 2.75) is 25.4 Å². The number of hydrogen-bond donors (Lipinski definition) is 1. The maximum atomic E-state index is 6.12. The fraction of sp³-hybridized carbons (Fsp3) is 0.714. The molecule has 0 saturated carbocycles. The molecule has 0 spiro atoms. The molecule has 0 amide bonds. The number of likely N-dealkylation sites (N-methyl/N-ethyl adjacent to an activating group) is 1. The normalized spacial score (nSPS) is 24.6. The van der Waals surface area contributed by atoms with Gasteiger partial charge in [0.15, 0.2) is 0 Å². The van der Waals surface area contributed by atoms with E-state index in [9.17, 15) is 0 Å². The second-order valence-electron chi connectivity index (χ2n) is 5.68. The number of rotatable bonds is 5. The lowest BCUT2D eigenvalue weighted by molar-refractivity contribution is 0.166. The molecular weight excluding hydrogens is 226 g/mol. The van der Waals surface area contributed by atoms with Crippen LogP contribution in [0.15, 0.2) is 22.8 Å². The van der Waals surface area contributed by atoms with E-state index in [1.54, 1.807) is 6.26 Å². The first-order valence-electron chi connectivity index (χ1n) is 6.75. The van der Waals surface area contributed by atoms with Gasteiger partial charge in [0, 0.05) is 19.1 Å². The quantitative estimate of drug-likeness (QED) is 0.862. The first-order chi connectivity index (χ1) is 8.58. The Hall–Kier alpha value is -0.840. The Morgan fingerprint density at radius 1 is 1.61 bits per heavy atom. The maximum Gasteiger partial charge on any atom is 0.122 e. The fourth-order valence-electron chi connectivity index (χ4n) is 3.03. The summed E-state index contributed by atoms with van der Waals surface area (Å²) in [7, 11) is 4.34. The van der Waals surface area contributed by atoms with Gasteiger partial charge in [-0.3, -0.25) is 4.90 Å². The van der Waals surface area contributed by atoms with Crippen LogP contribution in [-0.2, 0) is 0 Å². The Morgan fingerprint density at radius 3 is 2.89 bits per heavy atom. The van der Waals surface area contributed by atoms with Crippen molar-refractivity contribution in [3.63, 3.8) is 0 Å². The fourth-order valence-corrected chi connectivity index (χ4v) is 3.03. The lowest BCUT2D eigenvalue weighted by Crippen LogP contribution is -2.39. The molecule has 1 aliphatic heterocycles. The summed E-state index contributed by atoms with van der Waals surface area (Å²) >= 11 is 0. The van der Waals surface area contributed by atoms with Crippen molar-refractivity contribution < 1.29 is 4.42 Å². The van der Waals surface area contributed by atoms with Crippen LogP contribution in [0.5, 0.6) is 0 Å². The molecule has 0 radical (unpaired) electrons. The van der Waals surface area contributed by atoms with Gasteiger partial charge in [0.25, 0.3) is 0 Å². The van der Waals surface area contributed by atoms with E-state index in [0.717, 1.165) is 18.2 Å². The summed E-state index contributed by atoms with van der Waals surface area (Å²) in [6.07, 6.45) is 3.01. The molecule has 2 rings (SSSR count). The molecule has 2 N–H and O–H groups in total. The Kier molecular flexibility index (Phi) is 4.43. The first kappa shape index (κ1) is 13.6. The lowest BCUT2D eigenvalue weighted by Gasteiger charge is -2.31. The zero-order valence-electron chi connectivity index (χ0n) is 11.7. The van der Waals surface area contributed by atoms with Gasteiger partial charge in [-0.05, 0) is 52.0 Å². The third-order valence-corrected chi connectivity index (χ3v) is 3.84. The molecule has 3 atom stereocenters. The minimum Gasteiger partial charge on any atom is -0.468 e. The van der Waals surface area contributed by atoms with E-state index in [1.807, 2.05) is 19.1 Å². The van der Waals surface area contributed by atoms with Crippen molar-refractivity contribution >= 4 is 0 Å². The van der Waals surface area contributed by atoms with Gasteiger partial charge in [-0.15, -0.1) is 0 Å². The minimum atomic E-state index is 0.0697. The van der Waals surface area contributed by atoms with Crippen LogP contribution in [0.2, 0.25) is 0 Å². The molecule has 0 aromatic carbocycles. The van der Waals surface area contributed by atoms with Gasteiger partial charge in [-0.2, -0.15) is 0 Å². The molecule has 4 heteroatoms. The highest BCUT2D eigenvalue weighted by Crippen LogP contribution is 2.25. The number of furan rings is 1. The molecule has 2 heterocycles. The summed E-state index contributed by atoms with van der Waals surface area (Å²) in [5.74, 6) is 1.72. The van der Waals surface area contributed by atoms with Crippen molar-refractivity contribution in [3.8, 4) is 0 Å². The molecule has 0 aliphatic carbocycles. The summed E-state index contributed by atoms with van der Waals surface area (Å²) in [6.45, 7) is 5.53. The van der Waals surface area contributed by atoms with Crippen molar-refractivity contribution in [1.29, 1.82) is 0 Å². The van der Waals surface area contributed by atoms with E-state index in [4.69, 9.17) is 10.2 Å². The van der Waals surface area contributed by atoms with Crippen LogP contribution in [-0.4, -0.2) is 49.6 Å². The third kappa shape index (κ3) is 3.13. The molecule has 1 saturated heterocycles. The van der Waals surface area contributed by atoms with Gasteiger partial charge in [0.1, 0.15) is 5.76 Å². The number of likely N-dealkylation sites (tertiary alicyclic amines) is 1. The summed E-state index contributed by atoms with van der Waals surface area (Å²) in [6, 6.07) is 4.19. The Labute approximate surface area is 110 Å².